The summed E-state index contributed by atoms with van der Waals surface area (Å²) in [6.45, 7) is 0. The topological polar surface area (TPSA) is 37.0 Å². The molecule has 0 saturated heterocycles. The molecule has 1 heterocycles. The van der Waals surface area contributed by atoms with Gasteiger partial charge in [0.05, 0.1) is 23.8 Å². The second-order valence-corrected chi connectivity index (χ2v) is 3.43. The van der Waals surface area contributed by atoms with Crippen molar-refractivity contribution in [3.63, 3.8) is 0 Å². The van der Waals surface area contributed by atoms with Crippen LogP contribution in [0.4, 0.5) is 25.8 Å². The van der Waals surface area contributed by atoms with E-state index in [4.69, 9.17) is 0 Å². The summed E-state index contributed by atoms with van der Waals surface area (Å²) in [5.74, 6) is -1.28. The highest BCUT2D eigenvalue weighted by Gasteiger charge is 2.08. The number of rotatable bonds is 3. The van der Waals surface area contributed by atoms with Crippen molar-refractivity contribution in [2.45, 2.75) is 0 Å². The first-order valence-corrected chi connectivity index (χ1v) is 5.04. The lowest BCUT2D eigenvalue weighted by Gasteiger charge is -2.09. The van der Waals surface area contributed by atoms with E-state index in [1.807, 2.05) is 0 Å². The lowest BCUT2D eigenvalue weighted by molar-refractivity contribution is 0.591. The van der Waals surface area contributed by atoms with Crippen LogP contribution in [0.15, 0.2) is 36.7 Å². The molecular formula is C12H11F2N3. The van der Waals surface area contributed by atoms with Crippen molar-refractivity contribution in [2.24, 2.45) is 0 Å². The minimum absolute atomic E-state index is 0.178. The highest BCUT2D eigenvalue weighted by molar-refractivity contribution is 5.63. The molecule has 0 spiro atoms. The highest BCUT2D eigenvalue weighted by atomic mass is 19.1. The third kappa shape index (κ3) is 2.50. The maximum Gasteiger partial charge on any atom is 0.149 e. The average Bonchev–Trinajstić information content (AvgIpc) is 2.34. The van der Waals surface area contributed by atoms with E-state index in [-0.39, 0.29) is 5.69 Å². The van der Waals surface area contributed by atoms with Gasteiger partial charge in [-0.3, -0.25) is 4.98 Å². The van der Waals surface area contributed by atoms with Crippen LogP contribution in [0.2, 0.25) is 0 Å². The van der Waals surface area contributed by atoms with Crippen LogP contribution < -0.4 is 10.6 Å². The average molecular weight is 235 g/mol. The van der Waals surface area contributed by atoms with Crippen LogP contribution >= 0.6 is 0 Å². The number of nitrogens with one attached hydrogen (secondary N) is 2. The van der Waals surface area contributed by atoms with Crippen LogP contribution in [0.3, 0.4) is 0 Å². The van der Waals surface area contributed by atoms with Gasteiger partial charge in [0.15, 0.2) is 0 Å². The van der Waals surface area contributed by atoms with Crippen molar-refractivity contribution < 1.29 is 8.78 Å². The predicted molar refractivity (Wildman–Crippen MR) is 63.4 cm³/mol. The van der Waals surface area contributed by atoms with Crippen molar-refractivity contribution in [3.05, 3.63) is 48.3 Å². The fourth-order valence-corrected chi connectivity index (χ4v) is 1.41. The molecule has 1 aromatic heterocycles. The summed E-state index contributed by atoms with van der Waals surface area (Å²) in [6.07, 6.45) is 3.11. The molecule has 3 nitrogen and oxygen atoms in total. The van der Waals surface area contributed by atoms with Gasteiger partial charge in [-0.05, 0) is 18.2 Å². The molecule has 0 aliphatic carbocycles. The van der Waals surface area contributed by atoms with E-state index < -0.39 is 11.6 Å². The van der Waals surface area contributed by atoms with Gasteiger partial charge >= 0.3 is 0 Å². The smallest absolute Gasteiger partial charge is 0.149 e. The standard InChI is InChI=1S/C12H11F2N3/c1-15-8-5-9(7-16-6-8)17-12-10(13)3-2-4-11(12)14/h2-7,15,17H,1H3. The normalized spacial score (nSPS) is 10.1. The predicted octanol–water partition coefficient (Wildman–Crippen LogP) is 3.15. The third-order valence-corrected chi connectivity index (χ3v) is 2.26. The molecule has 2 rings (SSSR count). The van der Waals surface area contributed by atoms with Gasteiger partial charge < -0.3 is 10.6 Å². The number of halogens is 2. The fraction of sp³-hybridized carbons (Fsp3) is 0.0833. The van der Waals surface area contributed by atoms with Gasteiger partial charge in [-0.1, -0.05) is 6.07 Å². The Balaban J connectivity index is 2.31. The van der Waals surface area contributed by atoms with Crippen molar-refractivity contribution in [1.82, 2.24) is 4.98 Å². The Kier molecular flexibility index (Phi) is 3.18. The molecule has 0 fully saturated rings. The maximum atomic E-state index is 13.4. The van der Waals surface area contributed by atoms with Gasteiger partial charge in [0.1, 0.15) is 17.3 Å². The molecule has 0 saturated carbocycles. The van der Waals surface area contributed by atoms with E-state index >= 15 is 0 Å². The molecule has 2 N–H and O–H groups in total. The van der Waals surface area contributed by atoms with Crippen LogP contribution in [0.25, 0.3) is 0 Å². The van der Waals surface area contributed by atoms with Gasteiger partial charge in [-0.2, -0.15) is 0 Å². The van der Waals surface area contributed by atoms with Crippen molar-refractivity contribution in [2.75, 3.05) is 17.7 Å². The van der Waals surface area contributed by atoms with Gasteiger partial charge in [0.2, 0.25) is 0 Å². The number of pyridine rings is 1. The minimum Gasteiger partial charge on any atom is -0.387 e. The van der Waals surface area contributed by atoms with Crippen LogP contribution in [0, 0.1) is 11.6 Å². The zero-order valence-corrected chi connectivity index (χ0v) is 9.17. The molecule has 0 radical (unpaired) electrons. The molecule has 0 unspecified atom stereocenters. The zero-order valence-electron chi connectivity index (χ0n) is 9.17. The Morgan fingerprint density at radius 2 is 1.71 bits per heavy atom. The molecule has 88 valence electrons. The largest absolute Gasteiger partial charge is 0.387 e. The van der Waals surface area contributed by atoms with Gasteiger partial charge in [0, 0.05) is 7.05 Å². The summed E-state index contributed by atoms with van der Waals surface area (Å²) < 4.78 is 26.8. The summed E-state index contributed by atoms with van der Waals surface area (Å²) in [6, 6.07) is 5.42. The monoisotopic (exact) mass is 235 g/mol. The Labute approximate surface area is 97.5 Å². The second kappa shape index (κ2) is 4.78. The molecule has 0 atom stereocenters. The lowest BCUT2D eigenvalue weighted by Crippen LogP contribution is -1.98. The summed E-state index contributed by atoms with van der Waals surface area (Å²) in [5, 5.41) is 5.56. The van der Waals surface area contributed by atoms with E-state index in [0.29, 0.717) is 5.69 Å². The molecular weight excluding hydrogens is 224 g/mol. The molecule has 0 amide bonds. The first kappa shape index (κ1) is 11.3. The second-order valence-electron chi connectivity index (χ2n) is 3.43. The Morgan fingerprint density at radius 3 is 2.35 bits per heavy atom. The van der Waals surface area contributed by atoms with Gasteiger partial charge in [-0.25, -0.2) is 8.78 Å². The Morgan fingerprint density at radius 1 is 1.06 bits per heavy atom. The number of benzene rings is 1. The minimum atomic E-state index is -0.639. The molecule has 5 heteroatoms. The molecule has 17 heavy (non-hydrogen) atoms. The van der Waals surface area contributed by atoms with E-state index in [0.717, 1.165) is 5.69 Å². The van der Waals surface area contributed by atoms with Crippen molar-refractivity contribution in [3.8, 4) is 0 Å². The number of para-hydroxylation sites is 1. The number of hydrogen-bond acceptors (Lipinski definition) is 3. The molecule has 1 aromatic carbocycles. The molecule has 0 bridgehead atoms. The van der Waals surface area contributed by atoms with Crippen LogP contribution in [0.5, 0.6) is 0 Å². The zero-order chi connectivity index (χ0) is 12.3. The van der Waals surface area contributed by atoms with E-state index in [9.17, 15) is 8.78 Å². The van der Waals surface area contributed by atoms with Crippen molar-refractivity contribution in [1.29, 1.82) is 0 Å². The summed E-state index contributed by atoms with van der Waals surface area (Å²) in [4.78, 5) is 3.94. The number of aromatic nitrogens is 1. The molecule has 0 aliphatic rings. The first-order valence-electron chi connectivity index (χ1n) is 5.04. The quantitative estimate of drug-likeness (QED) is 0.858. The van der Waals surface area contributed by atoms with Gasteiger partial charge in [-0.15, -0.1) is 0 Å². The number of hydrogen-bond donors (Lipinski definition) is 2. The van der Waals surface area contributed by atoms with Crippen LogP contribution in [-0.2, 0) is 0 Å². The summed E-state index contributed by atoms with van der Waals surface area (Å²) in [5.41, 5.74) is 1.09. The third-order valence-electron chi connectivity index (χ3n) is 2.26. The molecule has 0 aliphatic heterocycles. The summed E-state index contributed by atoms with van der Waals surface area (Å²) >= 11 is 0. The van der Waals surface area contributed by atoms with Crippen LogP contribution in [0.1, 0.15) is 0 Å². The SMILES string of the molecule is CNc1cncc(Nc2c(F)cccc2F)c1. The summed E-state index contributed by atoms with van der Waals surface area (Å²) in [7, 11) is 1.74. The fourth-order valence-electron chi connectivity index (χ4n) is 1.41. The van der Waals surface area contributed by atoms with Crippen molar-refractivity contribution >= 4 is 17.1 Å². The van der Waals surface area contributed by atoms with E-state index in [1.54, 1.807) is 19.3 Å². The van der Waals surface area contributed by atoms with Crippen LogP contribution in [-0.4, -0.2) is 12.0 Å². The molecule has 2 aromatic rings. The number of anilines is 3. The number of nitrogens with zero attached hydrogens (tertiary/aromatic N) is 1. The van der Waals surface area contributed by atoms with Gasteiger partial charge in [0.25, 0.3) is 0 Å². The van der Waals surface area contributed by atoms with E-state index in [2.05, 4.69) is 15.6 Å². The van der Waals surface area contributed by atoms with E-state index in [1.165, 1.54) is 24.4 Å². The lowest BCUT2D eigenvalue weighted by atomic mass is 10.2. The highest BCUT2D eigenvalue weighted by Crippen LogP contribution is 2.23. The maximum absolute atomic E-state index is 13.4. The Bertz CT molecular complexity index is 509. The Hall–Kier alpha value is -2.17. The first-order chi connectivity index (χ1) is 8.20.